The van der Waals surface area contributed by atoms with E-state index in [-0.39, 0.29) is 28.5 Å². The largest absolute Gasteiger partial charge is 0.512 e. The van der Waals surface area contributed by atoms with Crippen molar-refractivity contribution < 1.29 is 14.7 Å². The number of hydrogen-bond donors (Lipinski definition) is 1. The van der Waals surface area contributed by atoms with Gasteiger partial charge in [0.15, 0.2) is 11.6 Å². The molecule has 0 aliphatic carbocycles. The average molecular weight is 168 g/mol. The number of carbonyl (C=O) groups is 2. The lowest BCUT2D eigenvalue weighted by molar-refractivity contribution is -0.116. The van der Waals surface area contributed by atoms with E-state index in [1.54, 1.807) is 0 Å². The van der Waals surface area contributed by atoms with E-state index in [0.717, 1.165) is 0 Å². The second kappa shape index (κ2) is 3.85. The summed E-state index contributed by atoms with van der Waals surface area (Å²) in [5.74, 6) is -0.827. The Kier molecular flexibility index (Phi) is 3.41. The maximum absolute atomic E-state index is 10.9. The van der Waals surface area contributed by atoms with Crippen LogP contribution in [0.3, 0.4) is 0 Å². The molecule has 0 saturated carbocycles. The third-order valence-corrected chi connectivity index (χ3v) is 1.44. The Morgan fingerprint density at radius 3 is 1.58 bits per heavy atom. The van der Waals surface area contributed by atoms with Crippen molar-refractivity contribution in [1.29, 1.82) is 0 Å². The van der Waals surface area contributed by atoms with Crippen molar-refractivity contribution in [2.75, 3.05) is 0 Å². The van der Waals surface area contributed by atoms with Crippen LogP contribution in [-0.4, -0.2) is 16.7 Å². The van der Waals surface area contributed by atoms with Gasteiger partial charge in [-0.2, -0.15) is 0 Å². The van der Waals surface area contributed by atoms with Crippen molar-refractivity contribution in [1.82, 2.24) is 0 Å². The Balaban J connectivity index is 5.06. The van der Waals surface area contributed by atoms with Gasteiger partial charge in [0.25, 0.3) is 0 Å². The Morgan fingerprint density at radius 1 is 1.08 bits per heavy atom. The van der Waals surface area contributed by atoms with Crippen molar-refractivity contribution in [2.45, 2.75) is 20.8 Å². The van der Waals surface area contributed by atoms with E-state index in [4.69, 9.17) is 5.11 Å². The van der Waals surface area contributed by atoms with E-state index >= 15 is 0 Å². The standard InChI is InChI=1S/C9H12O3/c1-5(6(2)10)9(7(3)11)8(4)12/h11H,1H2,2-4H3/b9-7+. The molecule has 0 rings (SSSR count). The molecule has 0 saturated heterocycles. The van der Waals surface area contributed by atoms with Crippen LogP contribution in [0.25, 0.3) is 0 Å². The van der Waals surface area contributed by atoms with Crippen molar-refractivity contribution in [3.8, 4) is 0 Å². The molecule has 0 spiro atoms. The summed E-state index contributed by atoms with van der Waals surface area (Å²) in [6.45, 7) is 7.34. The van der Waals surface area contributed by atoms with Crippen LogP contribution in [-0.2, 0) is 9.59 Å². The van der Waals surface area contributed by atoms with Crippen molar-refractivity contribution in [3.05, 3.63) is 23.5 Å². The van der Waals surface area contributed by atoms with Gasteiger partial charge in [-0.3, -0.25) is 9.59 Å². The monoisotopic (exact) mass is 168 g/mol. The van der Waals surface area contributed by atoms with Gasteiger partial charge in [0.05, 0.1) is 5.57 Å². The van der Waals surface area contributed by atoms with Gasteiger partial charge < -0.3 is 5.11 Å². The van der Waals surface area contributed by atoms with E-state index in [2.05, 4.69) is 6.58 Å². The van der Waals surface area contributed by atoms with Crippen molar-refractivity contribution in [3.63, 3.8) is 0 Å². The quantitative estimate of drug-likeness (QED) is 0.395. The Labute approximate surface area is 71.4 Å². The van der Waals surface area contributed by atoms with Gasteiger partial charge in [0.2, 0.25) is 0 Å². The molecule has 0 aliphatic rings. The summed E-state index contributed by atoms with van der Waals surface area (Å²) in [4.78, 5) is 21.7. The summed E-state index contributed by atoms with van der Waals surface area (Å²) in [6, 6.07) is 0. The molecule has 0 radical (unpaired) electrons. The number of Topliss-reactive ketones (excluding diaryl/α,β-unsaturated/α-hetero) is 2. The zero-order chi connectivity index (χ0) is 9.89. The highest BCUT2D eigenvalue weighted by atomic mass is 16.3. The summed E-state index contributed by atoms with van der Waals surface area (Å²) < 4.78 is 0. The van der Waals surface area contributed by atoms with Crippen LogP contribution in [0.2, 0.25) is 0 Å². The van der Waals surface area contributed by atoms with E-state index in [1.165, 1.54) is 20.8 Å². The summed E-state index contributed by atoms with van der Waals surface area (Å²) in [7, 11) is 0. The second-order valence-electron chi connectivity index (χ2n) is 2.55. The molecule has 0 aromatic carbocycles. The van der Waals surface area contributed by atoms with Gasteiger partial charge >= 0.3 is 0 Å². The summed E-state index contributed by atoms with van der Waals surface area (Å²) in [6.07, 6.45) is 0. The Bertz CT molecular complexity index is 267. The fourth-order valence-corrected chi connectivity index (χ4v) is 0.862. The number of hydrogen-bond acceptors (Lipinski definition) is 3. The van der Waals surface area contributed by atoms with E-state index in [0.29, 0.717) is 0 Å². The first-order valence-corrected chi connectivity index (χ1v) is 3.49. The first-order valence-electron chi connectivity index (χ1n) is 3.49. The molecular formula is C9H12O3. The van der Waals surface area contributed by atoms with Gasteiger partial charge in [-0.1, -0.05) is 6.58 Å². The van der Waals surface area contributed by atoms with E-state index in [1.807, 2.05) is 0 Å². The minimum atomic E-state index is -0.352. The highest BCUT2D eigenvalue weighted by molar-refractivity contribution is 6.10. The maximum Gasteiger partial charge on any atom is 0.163 e. The van der Waals surface area contributed by atoms with Crippen molar-refractivity contribution >= 4 is 11.6 Å². The third-order valence-electron chi connectivity index (χ3n) is 1.44. The molecule has 0 heterocycles. The van der Waals surface area contributed by atoms with Gasteiger partial charge in [-0.05, 0) is 20.8 Å². The fourth-order valence-electron chi connectivity index (χ4n) is 0.862. The van der Waals surface area contributed by atoms with Crippen LogP contribution in [0.15, 0.2) is 23.5 Å². The van der Waals surface area contributed by atoms with Gasteiger partial charge in [0.1, 0.15) is 5.76 Å². The topological polar surface area (TPSA) is 54.4 Å². The first-order chi connectivity index (χ1) is 5.37. The molecule has 3 nitrogen and oxygen atoms in total. The highest BCUT2D eigenvalue weighted by Gasteiger charge is 2.14. The molecule has 0 bridgehead atoms. The van der Waals surface area contributed by atoms with Crippen LogP contribution in [0.4, 0.5) is 0 Å². The van der Waals surface area contributed by atoms with Crippen LogP contribution in [0.5, 0.6) is 0 Å². The number of ketones is 2. The van der Waals surface area contributed by atoms with Crippen LogP contribution in [0.1, 0.15) is 20.8 Å². The molecule has 0 unspecified atom stereocenters. The van der Waals surface area contributed by atoms with E-state index in [9.17, 15) is 9.59 Å². The SMILES string of the molecule is C=C(C(C)=O)/C(C(C)=O)=C(/C)O. The zero-order valence-electron chi connectivity index (χ0n) is 7.47. The normalized spacial score (nSPS) is 11.9. The van der Waals surface area contributed by atoms with Crippen LogP contribution in [0, 0.1) is 0 Å². The smallest absolute Gasteiger partial charge is 0.163 e. The molecular weight excluding hydrogens is 156 g/mol. The summed E-state index contributed by atoms with van der Waals surface area (Å²) in [5, 5.41) is 9.05. The molecule has 3 heteroatoms. The minimum Gasteiger partial charge on any atom is -0.512 e. The minimum absolute atomic E-state index is 0.0162. The molecule has 0 aromatic rings. The van der Waals surface area contributed by atoms with Crippen LogP contribution < -0.4 is 0 Å². The molecule has 12 heavy (non-hydrogen) atoms. The van der Waals surface area contributed by atoms with Gasteiger partial charge in [0, 0.05) is 5.57 Å². The molecule has 0 fully saturated rings. The second-order valence-corrected chi connectivity index (χ2v) is 2.55. The average Bonchev–Trinajstić information content (AvgIpc) is 1.85. The predicted octanol–water partition coefficient (Wildman–Crippen LogP) is 1.55. The molecule has 0 aliphatic heterocycles. The maximum atomic E-state index is 10.9. The van der Waals surface area contributed by atoms with Crippen molar-refractivity contribution in [2.24, 2.45) is 0 Å². The predicted molar refractivity (Wildman–Crippen MR) is 45.8 cm³/mol. The number of aliphatic hydroxyl groups excluding tert-OH is 1. The number of carbonyl (C=O) groups excluding carboxylic acids is 2. The lowest BCUT2D eigenvalue weighted by Gasteiger charge is -2.04. The third kappa shape index (κ3) is 2.34. The van der Waals surface area contributed by atoms with E-state index < -0.39 is 0 Å². The molecule has 0 aromatic heterocycles. The molecule has 0 atom stereocenters. The number of aliphatic hydroxyl groups is 1. The Morgan fingerprint density at radius 2 is 1.50 bits per heavy atom. The molecule has 0 amide bonds. The van der Waals surface area contributed by atoms with Crippen LogP contribution >= 0.6 is 0 Å². The van der Waals surface area contributed by atoms with Gasteiger partial charge in [-0.25, -0.2) is 0 Å². The first kappa shape index (κ1) is 10.6. The molecule has 66 valence electrons. The number of rotatable bonds is 3. The summed E-state index contributed by atoms with van der Waals surface area (Å²) >= 11 is 0. The Hall–Kier alpha value is -1.38. The number of allylic oxidation sites excluding steroid dienone is 3. The van der Waals surface area contributed by atoms with Gasteiger partial charge in [-0.15, -0.1) is 0 Å². The highest BCUT2D eigenvalue weighted by Crippen LogP contribution is 2.13. The summed E-state index contributed by atoms with van der Waals surface area (Å²) in [5.41, 5.74) is 0.0741. The lowest BCUT2D eigenvalue weighted by atomic mass is 10.0. The lowest BCUT2D eigenvalue weighted by Crippen LogP contribution is -2.08. The molecule has 1 N–H and O–H groups in total. The fraction of sp³-hybridized carbons (Fsp3) is 0.333. The zero-order valence-corrected chi connectivity index (χ0v) is 7.47.